The molecule has 0 aliphatic rings. The largest absolute Gasteiger partial charge is 0.135 e. The summed E-state index contributed by atoms with van der Waals surface area (Å²) in [4.78, 5) is 0. The van der Waals surface area contributed by atoms with Gasteiger partial charge < -0.3 is 0 Å². The fourth-order valence-corrected chi connectivity index (χ4v) is 8.93. The quantitative estimate of drug-likeness (QED) is 0.0675. The molecule has 0 nitrogen and oxygen atoms in total. The van der Waals surface area contributed by atoms with Gasteiger partial charge in [-0.05, 0) is 70.5 Å². The molecule has 0 unspecified atom stereocenters. The Morgan fingerprint density at radius 1 is 0.378 bits per heavy atom. The zero-order chi connectivity index (χ0) is 31.1. The van der Waals surface area contributed by atoms with Crippen LogP contribution < -0.4 is 0 Å². The molecule has 0 bridgehead atoms. The Balaban J connectivity index is 1.26. The second-order valence-electron chi connectivity index (χ2n) is 13.9. The van der Waals surface area contributed by atoms with Crippen LogP contribution in [0.3, 0.4) is 0 Å². The molecular formula is C44H60S. The van der Waals surface area contributed by atoms with Crippen LogP contribution in [0.4, 0.5) is 0 Å². The summed E-state index contributed by atoms with van der Waals surface area (Å²) >= 11 is 2.04. The predicted octanol–water partition coefficient (Wildman–Crippen LogP) is 15.3. The van der Waals surface area contributed by atoms with E-state index in [0.717, 1.165) is 0 Å². The van der Waals surface area contributed by atoms with Crippen molar-refractivity contribution in [3.05, 3.63) is 71.8 Å². The lowest BCUT2D eigenvalue weighted by Crippen LogP contribution is -1.90. The lowest BCUT2D eigenvalue weighted by atomic mass is 9.92. The minimum atomic E-state index is 1.20. The molecular weight excluding hydrogens is 561 g/mol. The van der Waals surface area contributed by atoms with E-state index in [1.165, 1.54) is 183 Å². The summed E-state index contributed by atoms with van der Waals surface area (Å²) in [5.74, 6) is 0. The third-order valence-corrected chi connectivity index (χ3v) is 11.3. The van der Waals surface area contributed by atoms with Gasteiger partial charge in [0.2, 0.25) is 0 Å². The van der Waals surface area contributed by atoms with Gasteiger partial charge >= 0.3 is 0 Å². The number of unbranched alkanes of at least 4 members (excludes halogenated alkanes) is 18. The van der Waals surface area contributed by atoms with Gasteiger partial charge in [0.05, 0.1) is 0 Å². The number of hydrogen-bond acceptors (Lipinski definition) is 1. The SMILES string of the molecule is CCCCCCCCCCCCc1cc2sc3cc(CCCCCCCCCCCC)c4ccccc4c3c2c2ccccc12. The monoisotopic (exact) mass is 620 g/mol. The Morgan fingerprint density at radius 2 is 0.689 bits per heavy atom. The molecule has 5 rings (SSSR count). The van der Waals surface area contributed by atoms with Crippen LogP contribution in [0.1, 0.15) is 153 Å². The summed E-state index contributed by atoms with van der Waals surface area (Å²) in [6.45, 7) is 4.61. The van der Waals surface area contributed by atoms with E-state index in [1.807, 2.05) is 11.3 Å². The lowest BCUT2D eigenvalue weighted by Gasteiger charge is -2.11. The number of fused-ring (bicyclic) bond motifs is 7. The third-order valence-electron chi connectivity index (χ3n) is 10.3. The van der Waals surface area contributed by atoms with Gasteiger partial charge in [0.25, 0.3) is 0 Å². The highest BCUT2D eigenvalue weighted by molar-refractivity contribution is 7.26. The van der Waals surface area contributed by atoms with Crippen molar-refractivity contribution in [2.45, 2.75) is 155 Å². The molecule has 0 aliphatic carbocycles. The molecule has 5 aromatic rings. The van der Waals surface area contributed by atoms with Gasteiger partial charge in [-0.2, -0.15) is 0 Å². The summed E-state index contributed by atoms with van der Waals surface area (Å²) < 4.78 is 2.96. The van der Waals surface area contributed by atoms with Crippen molar-refractivity contribution in [2.24, 2.45) is 0 Å². The van der Waals surface area contributed by atoms with Crippen LogP contribution in [0.2, 0.25) is 0 Å². The second-order valence-corrected chi connectivity index (χ2v) is 15.0. The smallest absolute Gasteiger partial charge is 0.0364 e. The summed E-state index contributed by atoms with van der Waals surface area (Å²) in [6.07, 6.45) is 30.3. The molecule has 1 heterocycles. The maximum absolute atomic E-state index is 2.56. The average molecular weight is 621 g/mol. The molecule has 0 amide bonds. The first kappa shape index (κ1) is 34.0. The van der Waals surface area contributed by atoms with E-state index in [0.29, 0.717) is 0 Å². The van der Waals surface area contributed by atoms with Crippen LogP contribution >= 0.6 is 11.3 Å². The zero-order valence-electron chi connectivity index (χ0n) is 28.7. The first-order valence-corrected chi connectivity index (χ1v) is 19.9. The molecule has 0 spiro atoms. The van der Waals surface area contributed by atoms with Crippen molar-refractivity contribution in [1.29, 1.82) is 0 Å². The maximum atomic E-state index is 2.56. The first-order chi connectivity index (χ1) is 22.3. The minimum absolute atomic E-state index is 1.20. The van der Waals surface area contributed by atoms with Crippen LogP contribution in [-0.4, -0.2) is 0 Å². The Kier molecular flexibility index (Phi) is 14.1. The van der Waals surface area contributed by atoms with Crippen LogP contribution in [0.5, 0.6) is 0 Å². The van der Waals surface area contributed by atoms with E-state index in [1.54, 1.807) is 11.1 Å². The van der Waals surface area contributed by atoms with Crippen molar-refractivity contribution in [2.75, 3.05) is 0 Å². The summed E-state index contributed by atoms with van der Waals surface area (Å²) in [5.41, 5.74) is 3.11. The maximum Gasteiger partial charge on any atom is 0.0364 e. The zero-order valence-corrected chi connectivity index (χ0v) is 29.6. The molecule has 0 atom stereocenters. The van der Waals surface area contributed by atoms with Crippen molar-refractivity contribution in [1.82, 2.24) is 0 Å². The van der Waals surface area contributed by atoms with Gasteiger partial charge in [-0.25, -0.2) is 0 Å². The highest BCUT2D eigenvalue weighted by Crippen LogP contribution is 2.44. The van der Waals surface area contributed by atoms with E-state index < -0.39 is 0 Å². The highest BCUT2D eigenvalue weighted by Gasteiger charge is 2.16. The summed E-state index contributed by atoms with van der Waals surface area (Å²) in [5, 5.41) is 8.82. The molecule has 0 saturated heterocycles. The molecule has 0 N–H and O–H groups in total. The van der Waals surface area contributed by atoms with E-state index in [2.05, 4.69) is 74.5 Å². The third kappa shape index (κ3) is 9.34. The predicted molar refractivity (Wildman–Crippen MR) is 205 cm³/mol. The van der Waals surface area contributed by atoms with Gasteiger partial charge in [0.15, 0.2) is 0 Å². The molecule has 0 radical (unpaired) electrons. The van der Waals surface area contributed by atoms with Gasteiger partial charge in [0.1, 0.15) is 0 Å². The van der Waals surface area contributed by atoms with Gasteiger partial charge in [-0.1, -0.05) is 178 Å². The van der Waals surface area contributed by atoms with E-state index in [4.69, 9.17) is 0 Å². The number of rotatable bonds is 22. The standard InChI is InChI=1S/C44H60S/c1-3-5-7-9-11-13-15-17-19-21-27-35-33-41-43(39-31-25-23-29-37(35)39)44-40-32-26-24-30-38(40)36(34-42(44)45-41)28-22-20-18-16-14-12-10-8-6-4-2/h23-26,29-34H,3-22,27-28H2,1-2H3. The number of aryl methyl sites for hydroxylation is 2. The van der Waals surface area contributed by atoms with Crippen LogP contribution in [0.25, 0.3) is 41.7 Å². The second kappa shape index (κ2) is 18.7. The Morgan fingerprint density at radius 3 is 1.04 bits per heavy atom. The fraction of sp³-hybridized carbons (Fsp3) is 0.545. The van der Waals surface area contributed by atoms with Crippen molar-refractivity contribution >= 4 is 53.1 Å². The van der Waals surface area contributed by atoms with Gasteiger partial charge in [-0.3, -0.25) is 0 Å². The summed E-state index contributed by atoms with van der Waals surface area (Å²) in [7, 11) is 0. The van der Waals surface area contributed by atoms with Crippen LogP contribution in [-0.2, 0) is 12.8 Å². The Bertz CT molecular complexity index is 1470. The molecule has 1 heteroatoms. The van der Waals surface area contributed by atoms with E-state index in [-0.39, 0.29) is 0 Å². The molecule has 1 aromatic heterocycles. The minimum Gasteiger partial charge on any atom is -0.135 e. The topological polar surface area (TPSA) is 0 Å². The molecule has 0 fully saturated rings. The van der Waals surface area contributed by atoms with Crippen molar-refractivity contribution in [3.8, 4) is 0 Å². The first-order valence-electron chi connectivity index (χ1n) is 19.1. The van der Waals surface area contributed by atoms with Crippen LogP contribution in [0, 0.1) is 0 Å². The normalized spacial score (nSPS) is 12.0. The molecule has 0 saturated carbocycles. The highest BCUT2D eigenvalue weighted by atomic mass is 32.1. The van der Waals surface area contributed by atoms with Crippen molar-refractivity contribution < 1.29 is 0 Å². The average Bonchev–Trinajstić information content (AvgIpc) is 3.45. The molecule has 4 aromatic carbocycles. The van der Waals surface area contributed by atoms with Crippen molar-refractivity contribution in [3.63, 3.8) is 0 Å². The number of benzene rings is 4. The van der Waals surface area contributed by atoms with Gasteiger partial charge in [-0.15, -0.1) is 11.3 Å². The molecule has 242 valence electrons. The van der Waals surface area contributed by atoms with Gasteiger partial charge in [0, 0.05) is 20.2 Å². The molecule has 0 aliphatic heterocycles. The Labute approximate surface area is 279 Å². The number of hydrogen-bond donors (Lipinski definition) is 0. The van der Waals surface area contributed by atoms with E-state index >= 15 is 0 Å². The Hall–Kier alpha value is -2.38. The summed E-state index contributed by atoms with van der Waals surface area (Å²) in [6, 6.07) is 23.6. The lowest BCUT2D eigenvalue weighted by molar-refractivity contribution is 0.556. The fourth-order valence-electron chi connectivity index (χ4n) is 7.66. The number of thiophene rings is 1. The van der Waals surface area contributed by atoms with E-state index in [9.17, 15) is 0 Å². The molecule has 45 heavy (non-hydrogen) atoms. The van der Waals surface area contributed by atoms with Crippen LogP contribution in [0.15, 0.2) is 60.7 Å².